The van der Waals surface area contributed by atoms with Crippen LogP contribution in [0, 0.1) is 6.92 Å². The monoisotopic (exact) mass is 291 g/mol. The van der Waals surface area contributed by atoms with Gasteiger partial charge in [-0.1, -0.05) is 5.16 Å². The summed E-state index contributed by atoms with van der Waals surface area (Å²) in [7, 11) is 2.01. The Hall–Kier alpha value is -2.06. The molecule has 8 nitrogen and oxygen atoms in total. The average molecular weight is 291 g/mol. The van der Waals surface area contributed by atoms with Crippen LogP contribution in [-0.4, -0.2) is 51.2 Å². The van der Waals surface area contributed by atoms with Gasteiger partial charge in [0.2, 0.25) is 5.82 Å². The predicted octanol–water partition coefficient (Wildman–Crippen LogP) is 0.520. The number of hydrogen-bond donors (Lipinski definition) is 1. The normalized spacial score (nSPS) is 23.4. The van der Waals surface area contributed by atoms with Crippen molar-refractivity contribution in [3.05, 3.63) is 28.3 Å². The lowest BCUT2D eigenvalue weighted by Crippen LogP contribution is -2.40. The van der Waals surface area contributed by atoms with E-state index in [1.165, 1.54) is 6.20 Å². The Morgan fingerprint density at radius 1 is 1.43 bits per heavy atom. The van der Waals surface area contributed by atoms with E-state index in [9.17, 15) is 4.79 Å². The molecule has 0 bridgehead atoms. The summed E-state index contributed by atoms with van der Waals surface area (Å²) in [5.41, 5.74) is -0.00212. The first-order valence-corrected chi connectivity index (χ1v) is 6.77. The number of likely N-dealkylation sites (N-methyl/N-ethyl adjacent to an activating group) is 1. The average Bonchev–Trinajstić information content (AvgIpc) is 2.87. The zero-order valence-electron chi connectivity index (χ0n) is 12.2. The van der Waals surface area contributed by atoms with Crippen molar-refractivity contribution >= 4 is 0 Å². The van der Waals surface area contributed by atoms with Gasteiger partial charge in [0.1, 0.15) is 17.5 Å². The van der Waals surface area contributed by atoms with Crippen LogP contribution in [0.2, 0.25) is 0 Å². The summed E-state index contributed by atoms with van der Waals surface area (Å²) in [6.07, 6.45) is 1.25. The van der Waals surface area contributed by atoms with Crippen molar-refractivity contribution in [2.24, 2.45) is 0 Å². The van der Waals surface area contributed by atoms with Gasteiger partial charge in [0.15, 0.2) is 0 Å². The molecule has 0 unspecified atom stereocenters. The van der Waals surface area contributed by atoms with Gasteiger partial charge in [0.05, 0.1) is 6.10 Å². The van der Waals surface area contributed by atoms with Crippen LogP contribution in [0.15, 0.2) is 15.5 Å². The molecule has 3 rings (SSSR count). The molecule has 0 amide bonds. The van der Waals surface area contributed by atoms with Gasteiger partial charge >= 0.3 is 0 Å². The molecule has 21 heavy (non-hydrogen) atoms. The number of ether oxygens (including phenoxy) is 1. The SMILES string of the molecule is Cc1ncc(-c2noc([C@H]3CN(C)C[C@@H](C)O3)n2)c(=O)[nH]1. The molecule has 1 aliphatic heterocycles. The zero-order chi connectivity index (χ0) is 15.0. The highest BCUT2D eigenvalue weighted by atomic mass is 16.5. The Morgan fingerprint density at radius 2 is 2.24 bits per heavy atom. The first-order valence-electron chi connectivity index (χ1n) is 6.77. The van der Waals surface area contributed by atoms with Crippen LogP contribution in [0.1, 0.15) is 24.7 Å². The molecule has 0 aromatic carbocycles. The third-order valence-electron chi connectivity index (χ3n) is 3.33. The maximum Gasteiger partial charge on any atom is 0.262 e. The van der Waals surface area contributed by atoms with E-state index in [1.54, 1.807) is 6.92 Å². The van der Waals surface area contributed by atoms with Gasteiger partial charge in [0, 0.05) is 19.3 Å². The maximum atomic E-state index is 11.9. The van der Waals surface area contributed by atoms with Crippen molar-refractivity contribution in [3.63, 3.8) is 0 Å². The fourth-order valence-corrected chi connectivity index (χ4v) is 2.42. The number of morpholine rings is 1. The zero-order valence-corrected chi connectivity index (χ0v) is 12.2. The van der Waals surface area contributed by atoms with Crippen LogP contribution in [0.5, 0.6) is 0 Å². The molecule has 0 aliphatic carbocycles. The lowest BCUT2D eigenvalue weighted by Gasteiger charge is -2.32. The van der Waals surface area contributed by atoms with E-state index >= 15 is 0 Å². The number of nitrogens with zero attached hydrogens (tertiary/aromatic N) is 4. The molecule has 2 aromatic heterocycles. The van der Waals surface area contributed by atoms with E-state index in [-0.39, 0.29) is 29.2 Å². The lowest BCUT2D eigenvalue weighted by atomic mass is 10.2. The first kappa shape index (κ1) is 13.9. The van der Waals surface area contributed by atoms with Gasteiger partial charge in [-0.25, -0.2) is 4.98 Å². The van der Waals surface area contributed by atoms with Gasteiger partial charge < -0.3 is 19.1 Å². The van der Waals surface area contributed by atoms with E-state index in [0.717, 1.165) is 6.54 Å². The van der Waals surface area contributed by atoms with Gasteiger partial charge in [-0.3, -0.25) is 4.79 Å². The summed E-state index contributed by atoms with van der Waals surface area (Å²) in [6.45, 7) is 5.24. The van der Waals surface area contributed by atoms with Crippen LogP contribution in [0.25, 0.3) is 11.4 Å². The summed E-state index contributed by atoms with van der Waals surface area (Å²) in [6, 6.07) is 0. The summed E-state index contributed by atoms with van der Waals surface area (Å²) < 4.78 is 11.0. The van der Waals surface area contributed by atoms with E-state index in [1.807, 2.05) is 14.0 Å². The van der Waals surface area contributed by atoms with Crippen LogP contribution in [0.4, 0.5) is 0 Å². The largest absolute Gasteiger partial charge is 0.363 e. The third kappa shape index (κ3) is 2.86. The Bertz CT molecular complexity index is 685. The highest BCUT2D eigenvalue weighted by Gasteiger charge is 2.29. The fourth-order valence-electron chi connectivity index (χ4n) is 2.42. The Balaban J connectivity index is 1.88. The number of nitrogens with one attached hydrogen (secondary N) is 1. The Morgan fingerprint density at radius 3 is 2.95 bits per heavy atom. The lowest BCUT2D eigenvalue weighted by molar-refractivity contribution is -0.0838. The molecule has 112 valence electrons. The molecule has 3 heterocycles. The number of rotatable bonds is 2. The van der Waals surface area contributed by atoms with Crippen molar-refractivity contribution < 1.29 is 9.26 Å². The number of aromatic amines is 1. The summed E-state index contributed by atoms with van der Waals surface area (Å²) in [4.78, 5) is 24.9. The third-order valence-corrected chi connectivity index (χ3v) is 3.33. The van der Waals surface area contributed by atoms with Gasteiger partial charge in [0.25, 0.3) is 11.4 Å². The second kappa shape index (κ2) is 5.38. The van der Waals surface area contributed by atoms with E-state index in [2.05, 4.69) is 25.0 Å². The van der Waals surface area contributed by atoms with E-state index in [0.29, 0.717) is 18.3 Å². The molecule has 0 spiro atoms. The van der Waals surface area contributed by atoms with Crippen LogP contribution < -0.4 is 5.56 Å². The quantitative estimate of drug-likeness (QED) is 0.861. The topological polar surface area (TPSA) is 97.1 Å². The van der Waals surface area contributed by atoms with E-state index in [4.69, 9.17) is 9.26 Å². The van der Waals surface area contributed by atoms with Gasteiger partial charge in [-0.2, -0.15) is 4.98 Å². The number of aromatic nitrogens is 4. The van der Waals surface area contributed by atoms with E-state index < -0.39 is 0 Å². The van der Waals surface area contributed by atoms with Gasteiger partial charge in [-0.05, 0) is 20.9 Å². The molecular formula is C13H17N5O3. The van der Waals surface area contributed by atoms with Crippen molar-refractivity contribution in [1.29, 1.82) is 0 Å². The Kier molecular flexibility index (Phi) is 3.56. The molecule has 8 heteroatoms. The molecule has 1 N–H and O–H groups in total. The van der Waals surface area contributed by atoms with Crippen LogP contribution in [0.3, 0.4) is 0 Å². The molecule has 1 saturated heterocycles. The fraction of sp³-hybridized carbons (Fsp3) is 0.538. The second-order valence-electron chi connectivity index (χ2n) is 5.32. The minimum atomic E-state index is -0.287. The predicted molar refractivity (Wildman–Crippen MR) is 73.7 cm³/mol. The Labute approximate surface area is 121 Å². The minimum Gasteiger partial charge on any atom is -0.363 e. The van der Waals surface area contributed by atoms with Crippen LogP contribution >= 0.6 is 0 Å². The minimum absolute atomic E-state index is 0.0912. The van der Waals surface area contributed by atoms with Crippen molar-refractivity contribution in [2.45, 2.75) is 26.1 Å². The number of aryl methyl sites for hydroxylation is 1. The molecular weight excluding hydrogens is 274 g/mol. The van der Waals surface area contributed by atoms with Crippen LogP contribution in [-0.2, 0) is 4.74 Å². The van der Waals surface area contributed by atoms with Crippen molar-refractivity contribution in [3.8, 4) is 11.4 Å². The molecule has 0 radical (unpaired) electrons. The summed E-state index contributed by atoms with van der Waals surface area (Å²) >= 11 is 0. The summed E-state index contributed by atoms with van der Waals surface area (Å²) in [5, 5.41) is 3.86. The van der Waals surface area contributed by atoms with Gasteiger partial charge in [-0.15, -0.1) is 0 Å². The van der Waals surface area contributed by atoms with Crippen molar-refractivity contribution in [2.75, 3.05) is 20.1 Å². The second-order valence-corrected chi connectivity index (χ2v) is 5.32. The first-order chi connectivity index (χ1) is 10.0. The highest BCUT2D eigenvalue weighted by Crippen LogP contribution is 2.24. The van der Waals surface area contributed by atoms with Crippen molar-refractivity contribution in [1.82, 2.24) is 25.0 Å². The smallest absolute Gasteiger partial charge is 0.262 e. The highest BCUT2D eigenvalue weighted by molar-refractivity contribution is 5.50. The molecule has 2 atom stereocenters. The molecule has 0 saturated carbocycles. The maximum absolute atomic E-state index is 11.9. The number of hydrogen-bond acceptors (Lipinski definition) is 7. The standard InChI is InChI=1S/C13H17N5O3/c1-7-5-18(3)6-10(20-7)13-16-11(17-21-13)9-4-14-8(2)15-12(9)19/h4,7,10H,5-6H2,1-3H3,(H,14,15,19)/t7-,10-/m1/s1. The summed E-state index contributed by atoms with van der Waals surface area (Å²) in [5.74, 6) is 1.14. The number of H-pyrrole nitrogens is 1. The molecule has 1 aliphatic rings. The molecule has 2 aromatic rings. The molecule has 1 fully saturated rings.